The highest BCUT2D eigenvalue weighted by atomic mass is 14.8. The fourth-order valence-electron chi connectivity index (χ4n) is 0.744. The molecule has 2 heteroatoms. The summed E-state index contributed by atoms with van der Waals surface area (Å²) in [7, 11) is 0. The molecule has 1 aromatic rings. The van der Waals surface area contributed by atoms with Crippen LogP contribution in [0.4, 0.5) is 11.4 Å². The third-order valence-electron chi connectivity index (χ3n) is 1.20. The van der Waals surface area contributed by atoms with Crippen molar-refractivity contribution in [3.63, 3.8) is 0 Å². The van der Waals surface area contributed by atoms with Crippen molar-refractivity contribution < 1.29 is 0 Å². The number of benzene rings is 1. The van der Waals surface area contributed by atoms with E-state index in [1.807, 2.05) is 58.9 Å². The maximum absolute atomic E-state index is 5.59. The topological polar surface area (TPSA) is 38.4 Å². The second kappa shape index (κ2) is 11.7. The largest absolute Gasteiger partial charge is 0.397 e. The fourth-order valence-corrected chi connectivity index (χ4v) is 0.744. The smallest absolute Gasteiger partial charge is 0.0854 e. The van der Waals surface area contributed by atoms with E-state index in [1.165, 1.54) is 0 Å². The summed E-state index contributed by atoms with van der Waals surface area (Å²) in [4.78, 5) is 4.06. The van der Waals surface area contributed by atoms with E-state index in [1.54, 1.807) is 6.21 Å². The second-order valence-corrected chi connectivity index (χ2v) is 1.95. The molecule has 0 atom stereocenters. The molecule has 0 bridgehead atoms. The molecular formula is C12H22N2. The van der Waals surface area contributed by atoms with Gasteiger partial charge in [0.05, 0.1) is 11.4 Å². The Morgan fingerprint density at radius 2 is 1.57 bits per heavy atom. The first-order valence-electron chi connectivity index (χ1n) is 5.18. The van der Waals surface area contributed by atoms with E-state index in [4.69, 9.17) is 5.73 Å². The number of rotatable bonds is 1. The lowest BCUT2D eigenvalue weighted by atomic mass is 10.3. The van der Waals surface area contributed by atoms with Crippen molar-refractivity contribution in [1.29, 1.82) is 0 Å². The number of nitrogens with two attached hydrogens (primary N) is 1. The highest BCUT2D eigenvalue weighted by Gasteiger charge is 1.89. The molecule has 0 radical (unpaired) electrons. The summed E-state index contributed by atoms with van der Waals surface area (Å²) in [6.07, 6.45) is 1.73. The molecule has 1 aromatic carbocycles. The van der Waals surface area contributed by atoms with Gasteiger partial charge in [-0.05, 0) is 19.1 Å². The normalized spacial score (nSPS) is 8.36. The third-order valence-corrected chi connectivity index (χ3v) is 1.20. The lowest BCUT2D eigenvalue weighted by Gasteiger charge is -1.95. The van der Waals surface area contributed by atoms with E-state index < -0.39 is 0 Å². The van der Waals surface area contributed by atoms with Crippen LogP contribution in [0.25, 0.3) is 0 Å². The van der Waals surface area contributed by atoms with Gasteiger partial charge in [0.15, 0.2) is 0 Å². The summed E-state index contributed by atoms with van der Waals surface area (Å²) in [6.45, 7) is 9.87. The van der Waals surface area contributed by atoms with Crippen molar-refractivity contribution in [2.75, 3.05) is 5.73 Å². The van der Waals surface area contributed by atoms with Gasteiger partial charge in [0.1, 0.15) is 0 Å². The quantitative estimate of drug-likeness (QED) is 0.531. The first-order chi connectivity index (χ1) is 6.84. The number of aliphatic imine (C=N–C) groups is 1. The molecule has 0 saturated carbocycles. The van der Waals surface area contributed by atoms with Crippen LogP contribution in [0.2, 0.25) is 0 Å². The SMILES string of the molecule is CC.CC.CC=Nc1ccccc1N. The molecule has 0 unspecified atom stereocenters. The summed E-state index contributed by atoms with van der Waals surface area (Å²) in [5.41, 5.74) is 7.15. The van der Waals surface area contributed by atoms with Crippen molar-refractivity contribution in [2.45, 2.75) is 34.6 Å². The van der Waals surface area contributed by atoms with E-state index in [0.29, 0.717) is 0 Å². The first kappa shape index (κ1) is 15.2. The molecule has 0 aliphatic rings. The summed E-state index contributed by atoms with van der Waals surface area (Å²) in [6, 6.07) is 7.53. The molecular weight excluding hydrogens is 172 g/mol. The fraction of sp³-hybridized carbons (Fsp3) is 0.417. The van der Waals surface area contributed by atoms with E-state index in [2.05, 4.69) is 4.99 Å². The van der Waals surface area contributed by atoms with Gasteiger partial charge in [0.2, 0.25) is 0 Å². The van der Waals surface area contributed by atoms with Crippen LogP contribution in [0.3, 0.4) is 0 Å². The summed E-state index contributed by atoms with van der Waals surface area (Å²) in [5.74, 6) is 0. The highest BCUT2D eigenvalue weighted by Crippen LogP contribution is 2.19. The minimum absolute atomic E-state index is 0.723. The number of para-hydroxylation sites is 2. The monoisotopic (exact) mass is 194 g/mol. The molecule has 2 N–H and O–H groups in total. The Labute approximate surface area is 87.9 Å². The maximum atomic E-state index is 5.59. The van der Waals surface area contributed by atoms with E-state index in [-0.39, 0.29) is 0 Å². The van der Waals surface area contributed by atoms with Gasteiger partial charge < -0.3 is 5.73 Å². The zero-order chi connectivity index (χ0) is 11.4. The molecule has 2 nitrogen and oxygen atoms in total. The lowest BCUT2D eigenvalue weighted by molar-refractivity contribution is 1.50. The molecule has 0 heterocycles. The molecule has 0 aliphatic heterocycles. The number of nitrogens with zero attached hydrogens (tertiary/aromatic N) is 1. The zero-order valence-electron chi connectivity index (χ0n) is 9.91. The number of anilines is 1. The van der Waals surface area contributed by atoms with E-state index in [0.717, 1.165) is 11.4 Å². The molecule has 80 valence electrons. The van der Waals surface area contributed by atoms with Gasteiger partial charge in [-0.1, -0.05) is 39.8 Å². The van der Waals surface area contributed by atoms with Crippen molar-refractivity contribution in [1.82, 2.24) is 0 Å². The Balaban J connectivity index is 0. The standard InChI is InChI=1S/C8H10N2.2C2H6/c1-2-10-8-6-4-3-5-7(8)9;2*1-2/h2-6H,9H2,1H3;2*1-2H3. The van der Waals surface area contributed by atoms with Crippen LogP contribution in [-0.2, 0) is 0 Å². The first-order valence-corrected chi connectivity index (χ1v) is 5.18. The predicted molar refractivity (Wildman–Crippen MR) is 67.4 cm³/mol. The summed E-state index contributed by atoms with van der Waals surface area (Å²) >= 11 is 0. The molecule has 0 fully saturated rings. The molecule has 0 amide bonds. The van der Waals surface area contributed by atoms with Crippen molar-refractivity contribution in [3.05, 3.63) is 24.3 Å². The van der Waals surface area contributed by atoms with E-state index >= 15 is 0 Å². The molecule has 14 heavy (non-hydrogen) atoms. The van der Waals surface area contributed by atoms with Gasteiger partial charge in [-0.3, -0.25) is 4.99 Å². The molecule has 0 aromatic heterocycles. The van der Waals surface area contributed by atoms with Gasteiger partial charge in [0, 0.05) is 6.21 Å². The van der Waals surface area contributed by atoms with Gasteiger partial charge in [-0.25, -0.2) is 0 Å². The molecule has 1 rings (SSSR count). The maximum Gasteiger partial charge on any atom is 0.0854 e. The van der Waals surface area contributed by atoms with Crippen LogP contribution in [0, 0.1) is 0 Å². The Morgan fingerprint density at radius 1 is 1.07 bits per heavy atom. The molecule has 0 spiro atoms. The Hall–Kier alpha value is -1.31. The summed E-state index contributed by atoms with van der Waals surface area (Å²) in [5, 5.41) is 0. The third kappa shape index (κ3) is 6.23. The van der Waals surface area contributed by atoms with Gasteiger partial charge in [0.25, 0.3) is 0 Å². The Kier molecular flexibility index (Phi) is 12.7. The highest BCUT2D eigenvalue weighted by molar-refractivity contribution is 5.69. The van der Waals surface area contributed by atoms with Crippen LogP contribution in [0.5, 0.6) is 0 Å². The zero-order valence-corrected chi connectivity index (χ0v) is 9.91. The number of hydrogen-bond donors (Lipinski definition) is 1. The van der Waals surface area contributed by atoms with Crippen LogP contribution in [0.1, 0.15) is 34.6 Å². The second-order valence-electron chi connectivity index (χ2n) is 1.95. The molecule has 0 saturated heterocycles. The van der Waals surface area contributed by atoms with Gasteiger partial charge in [-0.2, -0.15) is 0 Å². The number of hydrogen-bond acceptors (Lipinski definition) is 2. The van der Waals surface area contributed by atoms with Gasteiger partial charge >= 0.3 is 0 Å². The van der Waals surface area contributed by atoms with E-state index in [9.17, 15) is 0 Å². The predicted octanol–water partition coefficient (Wildman–Crippen LogP) is 4.04. The van der Waals surface area contributed by atoms with Crippen molar-refractivity contribution in [2.24, 2.45) is 4.99 Å². The Morgan fingerprint density at radius 3 is 2.00 bits per heavy atom. The van der Waals surface area contributed by atoms with Crippen molar-refractivity contribution >= 4 is 17.6 Å². The van der Waals surface area contributed by atoms with Crippen LogP contribution < -0.4 is 5.73 Å². The van der Waals surface area contributed by atoms with Crippen LogP contribution >= 0.6 is 0 Å². The average molecular weight is 194 g/mol. The summed E-state index contributed by atoms with van der Waals surface area (Å²) < 4.78 is 0. The minimum atomic E-state index is 0.723. The minimum Gasteiger partial charge on any atom is -0.397 e. The van der Waals surface area contributed by atoms with Crippen molar-refractivity contribution in [3.8, 4) is 0 Å². The number of nitrogen functional groups attached to an aromatic ring is 1. The van der Waals surface area contributed by atoms with Crippen LogP contribution in [-0.4, -0.2) is 6.21 Å². The molecule has 0 aliphatic carbocycles. The van der Waals surface area contributed by atoms with Gasteiger partial charge in [-0.15, -0.1) is 0 Å². The van der Waals surface area contributed by atoms with Crippen LogP contribution in [0.15, 0.2) is 29.3 Å². The average Bonchev–Trinajstić information content (AvgIpc) is 2.28. The lowest BCUT2D eigenvalue weighted by Crippen LogP contribution is -1.83. The Bertz CT molecular complexity index is 242.